The number of hydrogen-bond donors (Lipinski definition) is 1. The van der Waals surface area contributed by atoms with Crippen molar-refractivity contribution >= 4 is 23.8 Å². The van der Waals surface area contributed by atoms with Gasteiger partial charge >= 0.3 is 5.97 Å². The molecule has 5 nitrogen and oxygen atoms in total. The molecule has 1 aliphatic rings. The van der Waals surface area contributed by atoms with Gasteiger partial charge in [-0.2, -0.15) is 0 Å². The molecule has 0 amide bonds. The van der Waals surface area contributed by atoms with Crippen LogP contribution in [0.15, 0.2) is 53.7 Å². The lowest BCUT2D eigenvalue weighted by Gasteiger charge is -2.29. The van der Waals surface area contributed by atoms with Crippen molar-refractivity contribution in [3.8, 4) is 11.1 Å². The molecule has 142 valence electrons. The van der Waals surface area contributed by atoms with Crippen molar-refractivity contribution in [3.63, 3.8) is 0 Å². The Bertz CT molecular complexity index is 792. The molecule has 6 heteroatoms. The fourth-order valence-corrected chi connectivity index (χ4v) is 3.40. The van der Waals surface area contributed by atoms with Crippen LogP contribution in [0.1, 0.15) is 18.4 Å². The van der Waals surface area contributed by atoms with Crippen LogP contribution in [0.25, 0.3) is 11.1 Å². The van der Waals surface area contributed by atoms with Crippen molar-refractivity contribution in [2.75, 3.05) is 26.2 Å². The van der Waals surface area contributed by atoms with Crippen molar-refractivity contribution < 1.29 is 14.7 Å². The fourth-order valence-electron chi connectivity index (χ4n) is 3.28. The predicted octanol–water partition coefficient (Wildman–Crippen LogP) is 4.15. The van der Waals surface area contributed by atoms with Gasteiger partial charge in [-0.3, -0.25) is 9.69 Å². The quantitative estimate of drug-likeness (QED) is 0.441. The second-order valence-corrected chi connectivity index (χ2v) is 7.08. The summed E-state index contributed by atoms with van der Waals surface area (Å²) in [5.74, 6) is -0.981. The zero-order valence-corrected chi connectivity index (χ0v) is 15.8. The Labute approximate surface area is 164 Å². The highest BCUT2D eigenvalue weighted by atomic mass is 35.5. The molecule has 0 radical (unpaired) electrons. The van der Waals surface area contributed by atoms with Gasteiger partial charge in [0.05, 0.1) is 12.1 Å². The van der Waals surface area contributed by atoms with Crippen LogP contribution in [0.3, 0.4) is 0 Å². The summed E-state index contributed by atoms with van der Waals surface area (Å²) in [6.45, 7) is 2.62. The summed E-state index contributed by atoms with van der Waals surface area (Å²) in [6, 6.07) is 15.6. The van der Waals surface area contributed by atoms with Crippen LogP contribution in [0.2, 0.25) is 5.02 Å². The van der Waals surface area contributed by atoms with Gasteiger partial charge in [0, 0.05) is 23.7 Å². The minimum absolute atomic E-state index is 0.270. The highest BCUT2D eigenvalue weighted by Gasteiger charge is 2.24. The van der Waals surface area contributed by atoms with Crippen molar-refractivity contribution in [2.24, 2.45) is 11.1 Å². The fraction of sp³-hybridized carbons (Fsp3) is 0.333. The zero-order valence-electron chi connectivity index (χ0n) is 15.1. The molecule has 1 saturated heterocycles. The Morgan fingerprint density at radius 2 is 2.04 bits per heavy atom. The third-order valence-corrected chi connectivity index (χ3v) is 4.99. The number of benzene rings is 2. The third-order valence-electron chi connectivity index (χ3n) is 4.74. The molecule has 1 aliphatic heterocycles. The molecule has 1 atom stereocenters. The van der Waals surface area contributed by atoms with Crippen LogP contribution < -0.4 is 0 Å². The minimum atomic E-state index is -0.711. The topological polar surface area (TPSA) is 62.1 Å². The van der Waals surface area contributed by atoms with Crippen molar-refractivity contribution in [2.45, 2.75) is 12.8 Å². The lowest BCUT2D eigenvalue weighted by Crippen LogP contribution is -2.40. The molecule has 1 unspecified atom stereocenters. The van der Waals surface area contributed by atoms with E-state index in [4.69, 9.17) is 21.5 Å². The van der Waals surface area contributed by atoms with Crippen LogP contribution in [0.5, 0.6) is 0 Å². The van der Waals surface area contributed by atoms with Gasteiger partial charge in [-0.05, 0) is 42.6 Å². The Hall–Kier alpha value is -2.37. The van der Waals surface area contributed by atoms with Crippen molar-refractivity contribution in [1.29, 1.82) is 0 Å². The second kappa shape index (κ2) is 9.53. The van der Waals surface area contributed by atoms with E-state index >= 15 is 0 Å². The largest absolute Gasteiger partial charge is 0.481 e. The van der Waals surface area contributed by atoms with E-state index in [-0.39, 0.29) is 5.92 Å². The molecule has 1 N–H and O–H groups in total. The monoisotopic (exact) mass is 386 g/mol. The summed E-state index contributed by atoms with van der Waals surface area (Å²) in [5.41, 5.74) is 3.08. The van der Waals surface area contributed by atoms with Crippen molar-refractivity contribution in [3.05, 3.63) is 59.1 Å². The summed E-state index contributed by atoms with van der Waals surface area (Å²) in [5, 5.41) is 13.9. The maximum atomic E-state index is 11.1. The van der Waals surface area contributed by atoms with Crippen LogP contribution >= 0.6 is 11.6 Å². The van der Waals surface area contributed by atoms with Gasteiger partial charge in [-0.25, -0.2) is 0 Å². The molecule has 27 heavy (non-hydrogen) atoms. The van der Waals surface area contributed by atoms with Gasteiger partial charge < -0.3 is 9.94 Å². The van der Waals surface area contributed by atoms with Crippen molar-refractivity contribution in [1.82, 2.24) is 4.90 Å². The number of carboxylic acid groups (broad SMARTS) is 1. The first kappa shape index (κ1) is 19.4. The molecule has 1 fully saturated rings. The Morgan fingerprint density at radius 1 is 1.26 bits per heavy atom. The average molecular weight is 387 g/mol. The third kappa shape index (κ3) is 5.55. The molecule has 1 heterocycles. The van der Waals surface area contributed by atoms with E-state index in [0.29, 0.717) is 24.7 Å². The minimum Gasteiger partial charge on any atom is -0.481 e. The first-order valence-corrected chi connectivity index (χ1v) is 9.47. The number of oxime groups is 1. The zero-order chi connectivity index (χ0) is 19.1. The normalized spacial score (nSPS) is 17.9. The van der Waals surface area contributed by atoms with E-state index in [9.17, 15) is 4.79 Å². The van der Waals surface area contributed by atoms with Crippen LogP contribution in [0.4, 0.5) is 0 Å². The molecule has 2 aromatic carbocycles. The molecule has 0 bridgehead atoms. The molecule has 0 spiro atoms. The highest BCUT2D eigenvalue weighted by molar-refractivity contribution is 6.30. The molecule has 0 aromatic heterocycles. The van der Waals surface area contributed by atoms with E-state index in [1.54, 1.807) is 6.21 Å². The average Bonchev–Trinajstić information content (AvgIpc) is 2.69. The maximum Gasteiger partial charge on any atom is 0.307 e. The smallest absolute Gasteiger partial charge is 0.307 e. The predicted molar refractivity (Wildman–Crippen MR) is 107 cm³/mol. The van der Waals surface area contributed by atoms with Crippen LogP contribution in [-0.4, -0.2) is 48.4 Å². The number of carboxylic acids is 1. The summed E-state index contributed by atoms with van der Waals surface area (Å²) in [7, 11) is 0. The van der Waals surface area contributed by atoms with E-state index in [0.717, 1.165) is 36.1 Å². The van der Waals surface area contributed by atoms with Gasteiger partial charge in [-0.1, -0.05) is 53.2 Å². The number of hydrogen-bond acceptors (Lipinski definition) is 4. The number of likely N-dealkylation sites (tertiary alicyclic amines) is 1. The lowest BCUT2D eigenvalue weighted by atomic mass is 9.98. The molecular formula is C21H23ClN2O3. The number of aliphatic carboxylic acids is 1. The van der Waals surface area contributed by atoms with E-state index in [2.05, 4.69) is 10.1 Å². The molecule has 3 rings (SSSR count). The maximum absolute atomic E-state index is 11.1. The first-order chi connectivity index (χ1) is 13.1. The molecule has 2 aromatic rings. The van der Waals surface area contributed by atoms with Gasteiger partial charge in [0.1, 0.15) is 6.61 Å². The van der Waals surface area contributed by atoms with Gasteiger partial charge in [0.25, 0.3) is 0 Å². The van der Waals surface area contributed by atoms with Gasteiger partial charge in [0.2, 0.25) is 0 Å². The van der Waals surface area contributed by atoms with Crippen LogP contribution in [-0.2, 0) is 9.63 Å². The number of nitrogens with zero attached hydrogens (tertiary/aromatic N) is 2. The first-order valence-electron chi connectivity index (χ1n) is 9.09. The lowest BCUT2D eigenvalue weighted by molar-refractivity contribution is -0.143. The summed E-state index contributed by atoms with van der Waals surface area (Å²) in [4.78, 5) is 18.6. The number of carbonyl (C=O) groups is 1. The SMILES string of the molecule is O=C(O)C1CCCN(CCO/N=C/c2ccccc2-c2ccc(Cl)cc2)C1. The summed E-state index contributed by atoms with van der Waals surface area (Å²) < 4.78 is 0. The number of halogens is 1. The van der Waals surface area contributed by atoms with E-state index in [1.165, 1.54) is 0 Å². The second-order valence-electron chi connectivity index (χ2n) is 6.64. The van der Waals surface area contributed by atoms with Gasteiger partial charge in [0.15, 0.2) is 0 Å². The van der Waals surface area contributed by atoms with Crippen LogP contribution in [0, 0.1) is 5.92 Å². The molecule has 0 aliphatic carbocycles. The standard InChI is InChI=1S/C21H23ClN2O3/c22-19-9-7-16(8-10-19)20-6-2-1-4-17(20)14-23-27-13-12-24-11-3-5-18(15-24)21(25)26/h1-2,4,6-10,14,18H,3,5,11-13,15H2,(H,25,26)/b23-14+. The molecule has 0 saturated carbocycles. The molecular weight excluding hydrogens is 364 g/mol. The summed E-state index contributed by atoms with van der Waals surface area (Å²) >= 11 is 5.96. The Balaban J connectivity index is 1.53. The number of rotatable bonds is 7. The van der Waals surface area contributed by atoms with E-state index < -0.39 is 5.97 Å². The summed E-state index contributed by atoms with van der Waals surface area (Å²) in [6.07, 6.45) is 3.38. The number of piperidine rings is 1. The highest BCUT2D eigenvalue weighted by Crippen LogP contribution is 2.24. The Morgan fingerprint density at radius 3 is 2.81 bits per heavy atom. The van der Waals surface area contributed by atoms with Gasteiger partial charge in [-0.15, -0.1) is 0 Å². The van der Waals surface area contributed by atoms with E-state index in [1.807, 2.05) is 48.5 Å². The Kier molecular flexibility index (Phi) is 6.85.